The SMILES string of the molecule is CSP(=O)([O-])OP(=O)([O-])OP(=O)([O-])O. The molecule has 0 bridgehead atoms. The summed E-state index contributed by atoms with van der Waals surface area (Å²) in [7, 11) is -11.2. The van der Waals surface area contributed by atoms with Gasteiger partial charge in [0.1, 0.15) is 0 Å². The Bertz CT molecular complexity index is 329. The Hall–Kier alpha value is 0.800. The van der Waals surface area contributed by atoms with E-state index in [4.69, 9.17) is 4.89 Å². The van der Waals surface area contributed by atoms with Crippen LogP contribution in [-0.4, -0.2) is 11.1 Å². The van der Waals surface area contributed by atoms with Crippen LogP contribution in [0.4, 0.5) is 0 Å². The molecule has 0 aromatic heterocycles. The van der Waals surface area contributed by atoms with Gasteiger partial charge in [-0.3, -0.25) is 18.0 Å². The van der Waals surface area contributed by atoms with Crippen LogP contribution in [0, 0.1) is 0 Å². The van der Waals surface area contributed by atoms with Crippen molar-refractivity contribution in [2.45, 2.75) is 0 Å². The second-order valence-electron chi connectivity index (χ2n) is 1.71. The molecule has 0 aliphatic carbocycles. The van der Waals surface area contributed by atoms with Crippen LogP contribution < -0.4 is 14.7 Å². The van der Waals surface area contributed by atoms with Crippen molar-refractivity contribution in [3.63, 3.8) is 0 Å². The highest BCUT2D eigenvalue weighted by atomic mass is 32.7. The van der Waals surface area contributed by atoms with Gasteiger partial charge in [-0.25, -0.2) is 4.31 Å². The van der Waals surface area contributed by atoms with E-state index in [1.165, 1.54) is 0 Å². The minimum atomic E-state index is -5.62. The molecule has 14 heavy (non-hydrogen) atoms. The fourth-order valence-electron chi connectivity index (χ4n) is 0.297. The van der Waals surface area contributed by atoms with E-state index in [0.29, 0.717) is 0 Å². The van der Waals surface area contributed by atoms with E-state index >= 15 is 0 Å². The van der Waals surface area contributed by atoms with Crippen LogP contribution in [0.5, 0.6) is 0 Å². The average Bonchev–Trinajstić information content (AvgIpc) is 1.78. The van der Waals surface area contributed by atoms with E-state index in [0.717, 1.165) is 6.26 Å². The van der Waals surface area contributed by atoms with Crippen molar-refractivity contribution in [1.29, 1.82) is 0 Å². The molecule has 1 N–H and O–H groups in total. The number of phosphoric acid groups is 2. The minimum absolute atomic E-state index is 0.0321. The first-order valence-corrected chi connectivity index (χ1v) is 8.95. The quantitative estimate of drug-likeness (QED) is 0.606. The first kappa shape index (κ1) is 14.8. The number of hydrogen-bond donors (Lipinski definition) is 1. The van der Waals surface area contributed by atoms with Gasteiger partial charge in [0, 0.05) is 0 Å². The molecule has 0 aromatic carbocycles. The summed E-state index contributed by atoms with van der Waals surface area (Å²) in [5.74, 6) is 0. The Morgan fingerprint density at radius 2 is 1.57 bits per heavy atom. The van der Waals surface area contributed by atoms with Gasteiger partial charge in [0.25, 0.3) is 15.6 Å². The molecule has 0 fully saturated rings. The second-order valence-corrected chi connectivity index (χ2v) is 8.54. The van der Waals surface area contributed by atoms with Crippen LogP contribution >= 0.6 is 33.8 Å². The minimum Gasteiger partial charge on any atom is -0.770 e. The van der Waals surface area contributed by atoms with Crippen molar-refractivity contribution in [2.24, 2.45) is 0 Å². The molecule has 0 saturated carbocycles. The average molecular weight is 285 g/mol. The zero-order valence-corrected chi connectivity index (χ0v) is 9.96. The Labute approximate surface area is 82.6 Å². The molecule has 0 amide bonds. The third-order valence-corrected chi connectivity index (χ3v) is 6.24. The zero-order chi connectivity index (χ0) is 11.6. The topological polar surface area (TPSA) is 159 Å². The van der Waals surface area contributed by atoms with Crippen molar-refractivity contribution in [2.75, 3.05) is 6.26 Å². The van der Waals surface area contributed by atoms with Crippen LogP contribution in [-0.2, 0) is 22.3 Å². The van der Waals surface area contributed by atoms with Crippen molar-refractivity contribution in [3.05, 3.63) is 0 Å². The number of hydrogen-bond acceptors (Lipinski definition) is 9. The monoisotopic (exact) mass is 285 g/mol. The third kappa shape index (κ3) is 7.14. The fourth-order valence-corrected chi connectivity index (χ4v) is 4.28. The molecule has 3 unspecified atom stereocenters. The predicted octanol–water partition coefficient (Wildman–Crippen LogP) is -1.22. The summed E-state index contributed by atoms with van der Waals surface area (Å²) in [5.41, 5.74) is 0. The molecule has 0 aliphatic rings. The maximum Gasteiger partial charge on any atom is 0.279 e. The second kappa shape index (κ2) is 4.76. The zero-order valence-electron chi connectivity index (χ0n) is 6.46. The summed E-state index contributed by atoms with van der Waals surface area (Å²) in [6.45, 7) is -4.79. The normalized spacial score (nSPS) is 24.6. The van der Waals surface area contributed by atoms with Crippen molar-refractivity contribution in [3.8, 4) is 0 Å². The number of rotatable bonds is 5. The predicted molar refractivity (Wildman–Crippen MR) is 40.7 cm³/mol. The molecular formula is CH4O9P3S-3. The summed E-state index contributed by atoms with van der Waals surface area (Å²) in [4.78, 5) is 38.9. The van der Waals surface area contributed by atoms with Crippen LogP contribution in [0.25, 0.3) is 0 Å². The summed E-state index contributed by atoms with van der Waals surface area (Å²) < 4.78 is 37.3. The molecule has 86 valence electrons. The Balaban J connectivity index is 4.60. The molecule has 0 aliphatic heterocycles. The van der Waals surface area contributed by atoms with Crippen LogP contribution in [0.15, 0.2) is 0 Å². The van der Waals surface area contributed by atoms with Gasteiger partial charge in [-0.2, -0.15) is 0 Å². The maximum atomic E-state index is 10.5. The maximum absolute atomic E-state index is 10.5. The van der Waals surface area contributed by atoms with Gasteiger partial charge in [-0.1, -0.05) is 11.4 Å². The smallest absolute Gasteiger partial charge is 0.279 e. The lowest BCUT2D eigenvalue weighted by atomic mass is 12.0. The van der Waals surface area contributed by atoms with E-state index in [1.807, 2.05) is 0 Å². The van der Waals surface area contributed by atoms with E-state index < -0.39 is 22.4 Å². The highest BCUT2D eigenvalue weighted by molar-refractivity contribution is 8.54. The molecule has 13 heteroatoms. The summed E-state index contributed by atoms with van der Waals surface area (Å²) >= 11 is 0.0321. The molecule has 3 atom stereocenters. The summed E-state index contributed by atoms with van der Waals surface area (Å²) in [6, 6.07) is 0. The van der Waals surface area contributed by atoms with Gasteiger partial charge in [0.2, 0.25) is 0 Å². The molecule has 0 heterocycles. The van der Waals surface area contributed by atoms with Gasteiger partial charge in [0.05, 0.1) is 0 Å². The highest BCUT2D eigenvalue weighted by Crippen LogP contribution is 2.65. The van der Waals surface area contributed by atoms with Crippen molar-refractivity contribution >= 4 is 33.8 Å². The van der Waals surface area contributed by atoms with Gasteiger partial charge in [0.15, 0.2) is 6.80 Å². The van der Waals surface area contributed by atoms with E-state index in [2.05, 4.69) is 8.62 Å². The van der Waals surface area contributed by atoms with E-state index in [-0.39, 0.29) is 11.4 Å². The molecule has 0 saturated heterocycles. The third-order valence-electron chi connectivity index (χ3n) is 0.627. The van der Waals surface area contributed by atoms with E-state index in [9.17, 15) is 28.4 Å². The molecular weight excluding hydrogens is 281 g/mol. The molecule has 0 radical (unpaired) electrons. The first-order chi connectivity index (χ1) is 5.97. The van der Waals surface area contributed by atoms with Crippen molar-refractivity contribution in [1.82, 2.24) is 0 Å². The van der Waals surface area contributed by atoms with Gasteiger partial charge in [-0.15, -0.1) is 0 Å². The van der Waals surface area contributed by atoms with Crippen LogP contribution in [0.2, 0.25) is 0 Å². The summed E-state index contributed by atoms with van der Waals surface area (Å²) in [6.07, 6.45) is 0.990. The van der Waals surface area contributed by atoms with Crippen LogP contribution in [0.3, 0.4) is 0 Å². The van der Waals surface area contributed by atoms with Gasteiger partial charge < -0.3 is 19.6 Å². The van der Waals surface area contributed by atoms with Crippen LogP contribution in [0.1, 0.15) is 0 Å². The molecule has 0 rings (SSSR count). The Morgan fingerprint density at radius 3 is 1.86 bits per heavy atom. The molecule has 9 nitrogen and oxygen atoms in total. The Kier molecular flexibility index (Phi) is 5.03. The lowest BCUT2D eigenvalue weighted by Crippen LogP contribution is -2.12. The lowest BCUT2D eigenvalue weighted by molar-refractivity contribution is -0.240. The fraction of sp³-hybridized carbons (Fsp3) is 1.00. The van der Waals surface area contributed by atoms with E-state index in [1.54, 1.807) is 0 Å². The molecule has 0 spiro atoms. The highest BCUT2D eigenvalue weighted by Gasteiger charge is 2.22. The largest absolute Gasteiger partial charge is 0.770 e. The van der Waals surface area contributed by atoms with Gasteiger partial charge >= 0.3 is 0 Å². The first-order valence-electron chi connectivity index (χ1n) is 2.62. The molecule has 0 aromatic rings. The Morgan fingerprint density at radius 1 is 1.14 bits per heavy atom. The van der Waals surface area contributed by atoms with Crippen molar-refractivity contribution < 1.29 is 41.9 Å². The van der Waals surface area contributed by atoms with Gasteiger partial charge in [-0.05, 0) is 6.26 Å². The lowest BCUT2D eigenvalue weighted by Gasteiger charge is -2.31. The summed E-state index contributed by atoms with van der Waals surface area (Å²) in [5, 5.41) is 0. The standard InChI is InChI=1S/CH7O9P3S/c1-14-13(7,8)10-12(5,6)9-11(2,3)4/h1H3,(H,5,6)(H,7,8)(H2,2,3,4)/p-3.